The summed E-state index contributed by atoms with van der Waals surface area (Å²) in [7, 11) is 0. The lowest BCUT2D eigenvalue weighted by Crippen LogP contribution is -2.49. The molecule has 1 aromatic carbocycles. The van der Waals surface area contributed by atoms with Gasteiger partial charge in [0.05, 0.1) is 12.2 Å². The smallest absolute Gasteiger partial charge is 0.338 e. The van der Waals surface area contributed by atoms with E-state index in [1.54, 1.807) is 30.3 Å². The van der Waals surface area contributed by atoms with Crippen LogP contribution in [0, 0.1) is 0 Å². The normalized spacial score (nSPS) is 10.3. The molecule has 30 heavy (non-hydrogen) atoms. The van der Waals surface area contributed by atoms with Gasteiger partial charge >= 0.3 is 5.97 Å². The number of thiophene rings is 1. The zero-order valence-corrected chi connectivity index (χ0v) is 17.8. The van der Waals surface area contributed by atoms with Gasteiger partial charge in [0, 0.05) is 11.0 Å². The summed E-state index contributed by atoms with van der Waals surface area (Å²) in [5.74, 6) is -0.936. The minimum Gasteiger partial charge on any atom is -0.484 e. The molecule has 0 radical (unpaired) electrons. The quantitative estimate of drug-likeness (QED) is 0.247. The third-order valence-corrected chi connectivity index (χ3v) is 4.43. The molecule has 0 spiro atoms. The summed E-state index contributed by atoms with van der Waals surface area (Å²) in [6, 6.07) is 9.98. The Labute approximate surface area is 183 Å². The zero-order valence-electron chi connectivity index (χ0n) is 16.2. The first-order valence-electron chi connectivity index (χ1n) is 8.99. The Kier molecular flexibility index (Phi) is 9.49. The van der Waals surface area contributed by atoms with E-state index in [-0.39, 0.29) is 11.7 Å². The Hall–Kier alpha value is -3.24. The second-order valence-corrected chi connectivity index (χ2v) is 7.18. The number of rotatable bonds is 8. The van der Waals surface area contributed by atoms with E-state index in [0.717, 1.165) is 11.3 Å². The highest BCUT2D eigenvalue weighted by molar-refractivity contribution is 7.80. The van der Waals surface area contributed by atoms with E-state index in [1.165, 1.54) is 17.4 Å². The highest BCUT2D eigenvalue weighted by Gasteiger charge is 2.08. The molecule has 158 valence electrons. The van der Waals surface area contributed by atoms with Gasteiger partial charge in [-0.15, -0.1) is 11.3 Å². The second kappa shape index (κ2) is 12.3. The first-order chi connectivity index (χ1) is 14.5. The predicted octanol–water partition coefficient (Wildman–Crippen LogP) is 2.43. The molecule has 10 heteroatoms. The summed E-state index contributed by atoms with van der Waals surface area (Å²) >= 11 is 6.43. The fourth-order valence-electron chi connectivity index (χ4n) is 2.01. The zero-order chi connectivity index (χ0) is 21.8. The number of amides is 2. The number of carbonyl (C=O) groups is 3. The van der Waals surface area contributed by atoms with Gasteiger partial charge in [-0.2, -0.15) is 0 Å². The van der Waals surface area contributed by atoms with Crippen molar-refractivity contribution in [1.29, 1.82) is 0 Å². The van der Waals surface area contributed by atoms with Gasteiger partial charge in [0.15, 0.2) is 11.7 Å². The number of hydrogen-bond acceptors (Lipinski definition) is 7. The van der Waals surface area contributed by atoms with Crippen LogP contribution in [0.3, 0.4) is 0 Å². The summed E-state index contributed by atoms with van der Waals surface area (Å²) in [4.78, 5) is 36.2. The molecule has 2 amide bonds. The van der Waals surface area contributed by atoms with E-state index in [2.05, 4.69) is 16.2 Å². The molecule has 0 saturated carbocycles. The van der Waals surface area contributed by atoms with Crippen molar-refractivity contribution < 1.29 is 23.9 Å². The van der Waals surface area contributed by atoms with Crippen LogP contribution in [0.5, 0.6) is 5.75 Å². The monoisotopic (exact) mass is 447 g/mol. The molecule has 0 aliphatic rings. The van der Waals surface area contributed by atoms with Gasteiger partial charge in [-0.25, -0.2) is 4.79 Å². The SMILES string of the molecule is CCCOC(=O)c1ccc(OCC(=O)NNC(=S)NC(=O)/C=C/c2cccs2)cc1. The maximum Gasteiger partial charge on any atom is 0.338 e. The molecule has 1 aromatic heterocycles. The van der Waals surface area contributed by atoms with Crippen LogP contribution in [-0.2, 0) is 14.3 Å². The number of benzene rings is 1. The third-order valence-electron chi connectivity index (χ3n) is 3.39. The maximum absolute atomic E-state index is 11.8. The summed E-state index contributed by atoms with van der Waals surface area (Å²) in [5, 5.41) is 4.25. The third kappa shape index (κ3) is 8.41. The number of thiocarbonyl (C=S) groups is 1. The fourth-order valence-corrected chi connectivity index (χ4v) is 2.78. The Morgan fingerprint density at radius 2 is 1.90 bits per heavy atom. The molecule has 0 atom stereocenters. The van der Waals surface area contributed by atoms with Crippen LogP contribution >= 0.6 is 23.6 Å². The molecular weight excluding hydrogens is 426 g/mol. The van der Waals surface area contributed by atoms with Crippen molar-refractivity contribution in [2.45, 2.75) is 13.3 Å². The largest absolute Gasteiger partial charge is 0.484 e. The standard InChI is InChI=1S/C20H21N3O5S2/c1-2-11-27-19(26)14-5-7-15(8-6-14)28-13-18(25)22-23-20(29)21-17(24)10-9-16-4-3-12-30-16/h3-10,12H,2,11,13H2,1H3,(H,22,25)(H2,21,23,24,29)/b10-9+. The molecule has 2 rings (SSSR count). The van der Waals surface area contributed by atoms with Crippen molar-refractivity contribution >= 4 is 52.5 Å². The molecule has 2 aromatic rings. The molecule has 1 heterocycles. The lowest BCUT2D eigenvalue weighted by atomic mass is 10.2. The average Bonchev–Trinajstić information content (AvgIpc) is 3.27. The molecule has 0 aliphatic heterocycles. The topological polar surface area (TPSA) is 106 Å². The summed E-state index contributed by atoms with van der Waals surface area (Å²) in [6.45, 7) is 1.98. The van der Waals surface area contributed by atoms with Crippen LogP contribution < -0.4 is 20.9 Å². The molecule has 0 bridgehead atoms. The van der Waals surface area contributed by atoms with Gasteiger partial charge in [0.25, 0.3) is 5.91 Å². The van der Waals surface area contributed by atoms with Crippen molar-refractivity contribution in [3.63, 3.8) is 0 Å². The molecule has 0 saturated heterocycles. The van der Waals surface area contributed by atoms with Crippen molar-refractivity contribution in [2.75, 3.05) is 13.2 Å². The van der Waals surface area contributed by atoms with E-state index in [9.17, 15) is 14.4 Å². The summed E-state index contributed by atoms with van der Waals surface area (Å²) in [6.07, 6.45) is 3.74. The number of esters is 1. The van der Waals surface area contributed by atoms with E-state index < -0.39 is 17.8 Å². The molecule has 0 unspecified atom stereocenters. The van der Waals surface area contributed by atoms with Gasteiger partial charge in [0.2, 0.25) is 5.91 Å². The number of hydrogen-bond donors (Lipinski definition) is 3. The molecule has 3 N–H and O–H groups in total. The first kappa shape index (κ1) is 23.0. The summed E-state index contributed by atoms with van der Waals surface area (Å²) in [5.41, 5.74) is 5.13. The molecular formula is C20H21N3O5S2. The molecule has 0 aliphatic carbocycles. The predicted molar refractivity (Wildman–Crippen MR) is 118 cm³/mol. The lowest BCUT2D eigenvalue weighted by molar-refractivity contribution is -0.123. The second-order valence-electron chi connectivity index (χ2n) is 5.79. The van der Waals surface area contributed by atoms with Crippen LogP contribution in [0.2, 0.25) is 0 Å². The van der Waals surface area contributed by atoms with Gasteiger partial charge < -0.3 is 9.47 Å². The van der Waals surface area contributed by atoms with Crippen LogP contribution in [0.1, 0.15) is 28.6 Å². The van der Waals surface area contributed by atoms with Crippen LogP contribution in [-0.4, -0.2) is 36.1 Å². The van der Waals surface area contributed by atoms with Crippen molar-refractivity contribution in [1.82, 2.24) is 16.2 Å². The Balaban J connectivity index is 1.67. The van der Waals surface area contributed by atoms with Crippen LogP contribution in [0.25, 0.3) is 6.08 Å². The highest BCUT2D eigenvalue weighted by Crippen LogP contribution is 2.13. The Bertz CT molecular complexity index is 896. The number of hydrazine groups is 1. The average molecular weight is 448 g/mol. The van der Waals surface area contributed by atoms with Gasteiger partial charge in [-0.05, 0) is 60.4 Å². The van der Waals surface area contributed by atoms with E-state index in [0.29, 0.717) is 17.9 Å². The van der Waals surface area contributed by atoms with E-state index in [4.69, 9.17) is 21.7 Å². The molecule has 0 fully saturated rings. The fraction of sp³-hybridized carbons (Fsp3) is 0.200. The van der Waals surface area contributed by atoms with Crippen molar-refractivity contribution in [3.8, 4) is 5.75 Å². The van der Waals surface area contributed by atoms with Gasteiger partial charge in [0.1, 0.15) is 5.75 Å². The van der Waals surface area contributed by atoms with E-state index >= 15 is 0 Å². The van der Waals surface area contributed by atoms with Crippen LogP contribution in [0.4, 0.5) is 0 Å². The number of ether oxygens (including phenoxy) is 2. The van der Waals surface area contributed by atoms with E-state index in [1.807, 2.05) is 24.4 Å². The van der Waals surface area contributed by atoms with Crippen molar-refractivity contribution in [3.05, 3.63) is 58.3 Å². The Morgan fingerprint density at radius 3 is 2.57 bits per heavy atom. The van der Waals surface area contributed by atoms with Crippen molar-refractivity contribution in [2.24, 2.45) is 0 Å². The first-order valence-corrected chi connectivity index (χ1v) is 10.3. The van der Waals surface area contributed by atoms with Gasteiger partial charge in [-0.1, -0.05) is 13.0 Å². The number of nitrogens with one attached hydrogen (secondary N) is 3. The van der Waals surface area contributed by atoms with Crippen LogP contribution in [0.15, 0.2) is 47.9 Å². The summed E-state index contributed by atoms with van der Waals surface area (Å²) < 4.78 is 10.4. The minimum atomic E-state index is -0.507. The number of carbonyl (C=O) groups excluding carboxylic acids is 3. The highest BCUT2D eigenvalue weighted by atomic mass is 32.1. The maximum atomic E-state index is 11.8. The lowest BCUT2D eigenvalue weighted by Gasteiger charge is -2.11. The minimum absolute atomic E-state index is 0.0564. The Morgan fingerprint density at radius 1 is 1.13 bits per heavy atom. The molecule has 8 nitrogen and oxygen atoms in total. The van der Waals surface area contributed by atoms with Gasteiger partial charge in [-0.3, -0.25) is 25.8 Å².